The minimum atomic E-state index is -2.18. The quantitative estimate of drug-likeness (QED) is 0.571. The van der Waals surface area contributed by atoms with E-state index in [-0.39, 0.29) is 23.9 Å². The third-order valence-corrected chi connectivity index (χ3v) is 3.93. The summed E-state index contributed by atoms with van der Waals surface area (Å²) in [7, 11) is 2.26. The average Bonchev–Trinajstić information content (AvgIpc) is 2.97. The SMILES string of the molecule is CCOC1=C(C(C)=O)C(c2ccccc2)C(C(=O)OC)(C(=O)OC)O1. The molecule has 7 nitrogen and oxygen atoms in total. The van der Waals surface area contributed by atoms with E-state index in [4.69, 9.17) is 18.9 Å². The van der Waals surface area contributed by atoms with Crippen molar-refractivity contribution in [1.29, 1.82) is 0 Å². The molecule has 0 fully saturated rings. The topological polar surface area (TPSA) is 88.1 Å². The zero-order valence-corrected chi connectivity index (χ0v) is 14.5. The minimum Gasteiger partial charge on any atom is -0.466 e. The summed E-state index contributed by atoms with van der Waals surface area (Å²) in [5.74, 6) is -3.54. The van der Waals surface area contributed by atoms with Crippen molar-refractivity contribution >= 4 is 17.7 Å². The van der Waals surface area contributed by atoms with E-state index in [1.54, 1.807) is 37.3 Å². The second-order valence-corrected chi connectivity index (χ2v) is 5.35. The van der Waals surface area contributed by atoms with E-state index in [0.29, 0.717) is 5.56 Å². The van der Waals surface area contributed by atoms with Crippen LogP contribution in [0.2, 0.25) is 0 Å². The highest BCUT2D eigenvalue weighted by molar-refractivity contribution is 6.09. The number of ketones is 1. The first-order valence-corrected chi connectivity index (χ1v) is 7.72. The van der Waals surface area contributed by atoms with E-state index >= 15 is 0 Å². The molecular weight excluding hydrogens is 328 g/mol. The molecule has 1 atom stereocenters. The lowest BCUT2D eigenvalue weighted by Crippen LogP contribution is -2.53. The number of esters is 2. The number of benzene rings is 1. The van der Waals surface area contributed by atoms with Crippen LogP contribution in [0.1, 0.15) is 25.3 Å². The molecule has 0 N–H and O–H groups in total. The highest BCUT2D eigenvalue weighted by Gasteiger charge is 2.65. The van der Waals surface area contributed by atoms with E-state index in [9.17, 15) is 14.4 Å². The average molecular weight is 348 g/mol. The Morgan fingerprint density at radius 1 is 1.08 bits per heavy atom. The van der Waals surface area contributed by atoms with Gasteiger partial charge in [0.1, 0.15) is 0 Å². The predicted octanol–water partition coefficient (Wildman–Crippen LogP) is 1.72. The predicted molar refractivity (Wildman–Crippen MR) is 86.4 cm³/mol. The van der Waals surface area contributed by atoms with Crippen LogP contribution >= 0.6 is 0 Å². The highest BCUT2D eigenvalue weighted by Crippen LogP contribution is 2.48. The minimum absolute atomic E-state index is 0.0869. The molecule has 1 aromatic carbocycles. The van der Waals surface area contributed by atoms with Crippen LogP contribution in [0.25, 0.3) is 0 Å². The molecule has 1 aliphatic rings. The van der Waals surface area contributed by atoms with Gasteiger partial charge < -0.3 is 18.9 Å². The number of methoxy groups -OCH3 is 2. The lowest BCUT2D eigenvalue weighted by Gasteiger charge is -2.29. The van der Waals surface area contributed by atoms with Crippen molar-refractivity contribution < 1.29 is 33.3 Å². The number of Topliss-reactive ketones (excluding diaryl/α,β-unsaturated/α-hetero) is 1. The van der Waals surface area contributed by atoms with Crippen LogP contribution in [0.4, 0.5) is 0 Å². The number of hydrogen-bond acceptors (Lipinski definition) is 7. The summed E-state index contributed by atoms with van der Waals surface area (Å²) in [5.41, 5.74) is -1.57. The van der Waals surface area contributed by atoms with E-state index in [1.165, 1.54) is 6.92 Å². The maximum Gasteiger partial charge on any atom is 0.363 e. The van der Waals surface area contributed by atoms with Crippen LogP contribution in [0.15, 0.2) is 41.9 Å². The Bertz CT molecular complexity index is 689. The Kier molecular flexibility index (Phi) is 5.46. The number of ether oxygens (including phenoxy) is 4. The van der Waals surface area contributed by atoms with Crippen molar-refractivity contribution in [3.63, 3.8) is 0 Å². The summed E-state index contributed by atoms with van der Waals surface area (Å²) < 4.78 is 20.6. The van der Waals surface area contributed by atoms with Crippen molar-refractivity contribution in [3.05, 3.63) is 47.4 Å². The second kappa shape index (κ2) is 7.38. The summed E-state index contributed by atoms with van der Waals surface area (Å²) in [6.07, 6.45) is 0. The monoisotopic (exact) mass is 348 g/mol. The Labute approximate surface area is 145 Å². The van der Waals surface area contributed by atoms with Gasteiger partial charge in [0.25, 0.3) is 5.95 Å². The number of rotatable bonds is 6. The molecule has 7 heteroatoms. The van der Waals surface area contributed by atoms with Gasteiger partial charge in [0.2, 0.25) is 0 Å². The smallest absolute Gasteiger partial charge is 0.363 e. The molecule has 0 amide bonds. The largest absolute Gasteiger partial charge is 0.466 e. The van der Waals surface area contributed by atoms with Crippen LogP contribution in [0.5, 0.6) is 0 Å². The molecule has 25 heavy (non-hydrogen) atoms. The maximum atomic E-state index is 12.6. The fourth-order valence-corrected chi connectivity index (χ4v) is 2.92. The van der Waals surface area contributed by atoms with Gasteiger partial charge in [-0.2, -0.15) is 0 Å². The summed E-state index contributed by atoms with van der Waals surface area (Å²) in [4.78, 5) is 37.5. The van der Waals surface area contributed by atoms with Gasteiger partial charge >= 0.3 is 17.5 Å². The van der Waals surface area contributed by atoms with Gasteiger partial charge in [-0.3, -0.25) is 4.79 Å². The van der Waals surface area contributed by atoms with Crippen LogP contribution in [0, 0.1) is 0 Å². The molecule has 134 valence electrons. The first-order chi connectivity index (χ1) is 11.9. The number of carbonyl (C=O) groups excluding carboxylic acids is 3. The summed E-state index contributed by atoms with van der Waals surface area (Å²) in [6.45, 7) is 3.20. The van der Waals surface area contributed by atoms with Gasteiger partial charge in [0, 0.05) is 0 Å². The molecule has 0 aliphatic carbocycles. The second-order valence-electron chi connectivity index (χ2n) is 5.35. The zero-order chi connectivity index (χ0) is 18.6. The van der Waals surface area contributed by atoms with Gasteiger partial charge in [0.15, 0.2) is 5.78 Å². The molecule has 0 aromatic heterocycles. The lowest BCUT2D eigenvalue weighted by molar-refractivity contribution is -0.186. The molecule has 1 aromatic rings. The molecule has 0 bridgehead atoms. The number of carbonyl (C=O) groups is 3. The first-order valence-electron chi connectivity index (χ1n) is 7.72. The van der Waals surface area contributed by atoms with Crippen molar-refractivity contribution in [1.82, 2.24) is 0 Å². The molecule has 0 spiro atoms. The van der Waals surface area contributed by atoms with Crippen LogP contribution in [0.3, 0.4) is 0 Å². The molecule has 2 rings (SSSR count). The van der Waals surface area contributed by atoms with Crippen LogP contribution < -0.4 is 0 Å². The fraction of sp³-hybridized carbons (Fsp3) is 0.389. The van der Waals surface area contributed by atoms with E-state index < -0.39 is 23.5 Å². The lowest BCUT2D eigenvalue weighted by atomic mass is 9.77. The van der Waals surface area contributed by atoms with E-state index in [2.05, 4.69) is 0 Å². The summed E-state index contributed by atoms with van der Waals surface area (Å²) >= 11 is 0. The van der Waals surface area contributed by atoms with Gasteiger partial charge in [-0.05, 0) is 19.4 Å². The maximum absolute atomic E-state index is 12.6. The molecule has 0 radical (unpaired) electrons. The van der Waals surface area contributed by atoms with Crippen molar-refractivity contribution in [2.75, 3.05) is 20.8 Å². The molecule has 0 saturated heterocycles. The first kappa shape index (κ1) is 18.5. The molecular formula is C18H20O7. The van der Waals surface area contributed by atoms with Crippen molar-refractivity contribution in [2.24, 2.45) is 0 Å². The Morgan fingerprint density at radius 3 is 2.08 bits per heavy atom. The standard InChI is InChI=1S/C18H20O7/c1-5-24-15-13(11(2)19)14(12-9-7-6-8-10-12)18(25-15,16(20)22-3)17(21)23-4/h6-10,14H,5H2,1-4H3. The summed E-state index contributed by atoms with van der Waals surface area (Å²) in [6, 6.07) is 8.60. The van der Waals surface area contributed by atoms with Crippen molar-refractivity contribution in [3.8, 4) is 0 Å². The molecule has 1 aliphatic heterocycles. The fourth-order valence-electron chi connectivity index (χ4n) is 2.92. The van der Waals surface area contributed by atoms with Gasteiger partial charge in [0.05, 0.1) is 32.3 Å². The summed E-state index contributed by atoms with van der Waals surface area (Å²) in [5, 5.41) is 0. The zero-order valence-electron chi connectivity index (χ0n) is 14.5. The van der Waals surface area contributed by atoms with Crippen molar-refractivity contribution in [2.45, 2.75) is 25.4 Å². The Hall–Kier alpha value is -2.83. The van der Waals surface area contributed by atoms with E-state index in [0.717, 1.165) is 14.2 Å². The molecule has 1 unspecified atom stereocenters. The number of hydrogen-bond donors (Lipinski definition) is 0. The Morgan fingerprint density at radius 2 is 1.64 bits per heavy atom. The van der Waals surface area contributed by atoms with Crippen LogP contribution in [-0.4, -0.2) is 44.1 Å². The van der Waals surface area contributed by atoms with E-state index in [1.807, 2.05) is 0 Å². The third kappa shape index (κ3) is 2.97. The van der Waals surface area contributed by atoms with Gasteiger partial charge in [-0.15, -0.1) is 0 Å². The molecule has 1 heterocycles. The van der Waals surface area contributed by atoms with Gasteiger partial charge in [-0.1, -0.05) is 30.3 Å². The normalized spacial score (nSPS) is 18.3. The van der Waals surface area contributed by atoms with Gasteiger partial charge in [-0.25, -0.2) is 9.59 Å². The highest BCUT2D eigenvalue weighted by atomic mass is 16.7. The van der Waals surface area contributed by atoms with Crippen LogP contribution in [-0.2, 0) is 33.3 Å². The Balaban J connectivity index is 2.77. The molecule has 0 saturated carbocycles. The third-order valence-electron chi connectivity index (χ3n) is 3.93.